The maximum Gasteiger partial charge on any atom is 0.408 e. The van der Waals surface area contributed by atoms with Crippen LogP contribution in [-0.4, -0.2) is 48.6 Å². The van der Waals surface area contributed by atoms with Crippen molar-refractivity contribution in [2.24, 2.45) is 5.92 Å². The van der Waals surface area contributed by atoms with Crippen molar-refractivity contribution in [1.29, 1.82) is 0 Å². The van der Waals surface area contributed by atoms with Crippen molar-refractivity contribution in [2.75, 3.05) is 19.6 Å². The zero-order valence-corrected chi connectivity index (χ0v) is 18.8. The van der Waals surface area contributed by atoms with Gasteiger partial charge in [0, 0.05) is 25.7 Å². The summed E-state index contributed by atoms with van der Waals surface area (Å²) in [4.78, 5) is 27.6. The molecule has 2 rings (SSSR count). The molecule has 1 saturated heterocycles. The van der Waals surface area contributed by atoms with Crippen LogP contribution in [0.2, 0.25) is 0 Å². The molecule has 0 unspecified atom stereocenters. The number of carbonyl (C=O) groups excluding carboxylic acids is 2. The first-order chi connectivity index (χ1) is 14.4. The standard InChI is InChI=1S/C24H37N3O3/c1-5-19(4)22(26-24(29)30-17-20-9-7-6-8-10-20)23(28)25-21-12-15-27(16-13-21)14-11-18(2)3/h6-11,19,21-22H,5,12-17H2,1-4H3,(H,25,28)(H,26,29)/t19-,22-/m0/s1. The Morgan fingerprint density at radius 2 is 1.87 bits per heavy atom. The van der Waals surface area contributed by atoms with Crippen LogP contribution in [0.3, 0.4) is 0 Å². The average molecular weight is 416 g/mol. The molecule has 1 aromatic carbocycles. The third-order valence-corrected chi connectivity index (χ3v) is 5.67. The Kier molecular flexibility index (Phi) is 9.87. The van der Waals surface area contributed by atoms with E-state index in [1.807, 2.05) is 44.2 Å². The van der Waals surface area contributed by atoms with Crippen LogP contribution in [0.1, 0.15) is 52.5 Å². The van der Waals surface area contributed by atoms with Crippen LogP contribution >= 0.6 is 0 Å². The minimum atomic E-state index is -0.595. The quantitative estimate of drug-likeness (QED) is 0.601. The molecule has 6 heteroatoms. The van der Waals surface area contributed by atoms with Gasteiger partial charge in [-0.2, -0.15) is 0 Å². The van der Waals surface area contributed by atoms with Crippen LogP contribution in [0.4, 0.5) is 4.79 Å². The van der Waals surface area contributed by atoms with Crippen LogP contribution in [0.15, 0.2) is 42.0 Å². The van der Waals surface area contributed by atoms with Crippen molar-refractivity contribution in [3.8, 4) is 0 Å². The van der Waals surface area contributed by atoms with Gasteiger partial charge in [-0.05, 0) is 38.2 Å². The molecule has 166 valence electrons. The summed E-state index contributed by atoms with van der Waals surface area (Å²) in [6.07, 6.45) is 4.32. The summed E-state index contributed by atoms with van der Waals surface area (Å²) in [5.74, 6) is -0.101. The van der Waals surface area contributed by atoms with Gasteiger partial charge in [0.15, 0.2) is 0 Å². The zero-order valence-electron chi connectivity index (χ0n) is 18.8. The van der Waals surface area contributed by atoms with Gasteiger partial charge in [-0.1, -0.05) is 62.2 Å². The van der Waals surface area contributed by atoms with Crippen molar-refractivity contribution in [1.82, 2.24) is 15.5 Å². The topological polar surface area (TPSA) is 70.7 Å². The highest BCUT2D eigenvalue weighted by Crippen LogP contribution is 2.14. The lowest BCUT2D eigenvalue weighted by Gasteiger charge is -2.33. The number of nitrogens with one attached hydrogen (secondary N) is 2. The summed E-state index contributed by atoms with van der Waals surface area (Å²) in [5, 5.41) is 5.92. The summed E-state index contributed by atoms with van der Waals surface area (Å²) in [6, 6.07) is 9.07. The van der Waals surface area contributed by atoms with Crippen molar-refractivity contribution in [2.45, 2.75) is 65.6 Å². The summed E-state index contributed by atoms with van der Waals surface area (Å²) >= 11 is 0. The molecule has 1 aliphatic rings. The Balaban J connectivity index is 1.83. The first-order valence-corrected chi connectivity index (χ1v) is 11.0. The predicted octanol–water partition coefficient (Wildman–Crippen LogP) is 3.87. The molecule has 1 heterocycles. The molecule has 6 nitrogen and oxygen atoms in total. The van der Waals surface area contributed by atoms with Gasteiger partial charge in [0.05, 0.1) is 0 Å². The fourth-order valence-electron chi connectivity index (χ4n) is 3.46. The highest BCUT2D eigenvalue weighted by molar-refractivity contribution is 5.86. The van der Waals surface area contributed by atoms with Gasteiger partial charge in [-0.15, -0.1) is 0 Å². The maximum atomic E-state index is 12.9. The second-order valence-corrected chi connectivity index (χ2v) is 8.43. The van der Waals surface area contributed by atoms with Crippen molar-refractivity contribution in [3.05, 3.63) is 47.5 Å². The largest absolute Gasteiger partial charge is 0.445 e. The van der Waals surface area contributed by atoms with Crippen LogP contribution in [0, 0.1) is 5.92 Å². The zero-order chi connectivity index (χ0) is 21.9. The predicted molar refractivity (Wildman–Crippen MR) is 120 cm³/mol. The highest BCUT2D eigenvalue weighted by Gasteiger charge is 2.29. The molecule has 1 aliphatic heterocycles. The van der Waals surface area contributed by atoms with Crippen molar-refractivity contribution < 1.29 is 14.3 Å². The van der Waals surface area contributed by atoms with E-state index in [1.165, 1.54) is 5.57 Å². The number of carbonyl (C=O) groups is 2. The van der Waals surface area contributed by atoms with Crippen molar-refractivity contribution >= 4 is 12.0 Å². The fourth-order valence-corrected chi connectivity index (χ4v) is 3.46. The summed E-state index contributed by atoms with van der Waals surface area (Å²) in [5.41, 5.74) is 2.24. The number of amides is 2. The summed E-state index contributed by atoms with van der Waals surface area (Å²) < 4.78 is 5.31. The molecule has 0 bridgehead atoms. The molecule has 0 spiro atoms. The molecule has 0 radical (unpaired) electrons. The third-order valence-electron chi connectivity index (χ3n) is 5.67. The number of piperidine rings is 1. The lowest BCUT2D eigenvalue weighted by Crippen LogP contribution is -2.54. The average Bonchev–Trinajstić information content (AvgIpc) is 2.75. The van der Waals surface area contributed by atoms with Gasteiger partial charge < -0.3 is 15.4 Å². The number of hydrogen-bond acceptors (Lipinski definition) is 4. The Morgan fingerprint density at radius 1 is 1.20 bits per heavy atom. The van der Waals surface area contributed by atoms with Gasteiger partial charge in [0.2, 0.25) is 5.91 Å². The van der Waals surface area contributed by atoms with Gasteiger partial charge in [0.1, 0.15) is 12.6 Å². The van der Waals surface area contributed by atoms with E-state index in [-0.39, 0.29) is 24.5 Å². The van der Waals surface area contributed by atoms with E-state index in [1.54, 1.807) is 0 Å². The second-order valence-electron chi connectivity index (χ2n) is 8.43. The minimum absolute atomic E-state index is 0.0204. The molecular weight excluding hydrogens is 378 g/mol. The van der Waals surface area contributed by atoms with Crippen LogP contribution < -0.4 is 10.6 Å². The summed E-state index contributed by atoms with van der Waals surface area (Å²) in [6.45, 7) is 11.3. The van der Waals surface area contributed by atoms with Gasteiger partial charge in [0.25, 0.3) is 0 Å². The molecule has 0 aliphatic carbocycles. The maximum absolute atomic E-state index is 12.9. The fraction of sp³-hybridized carbons (Fsp3) is 0.583. The Morgan fingerprint density at radius 3 is 2.47 bits per heavy atom. The number of nitrogens with zero attached hydrogens (tertiary/aromatic N) is 1. The normalized spacial score (nSPS) is 16.9. The van der Waals surface area contributed by atoms with Crippen molar-refractivity contribution in [3.63, 3.8) is 0 Å². The number of benzene rings is 1. The number of rotatable bonds is 9. The molecule has 1 aromatic rings. The first-order valence-electron chi connectivity index (χ1n) is 11.0. The Bertz CT molecular complexity index is 693. The number of alkyl carbamates (subject to hydrolysis) is 1. The molecule has 30 heavy (non-hydrogen) atoms. The van der Waals surface area contributed by atoms with Crippen LogP contribution in [0.5, 0.6) is 0 Å². The Labute approximate surface area is 181 Å². The Hall–Kier alpha value is -2.34. The van der Waals surface area contributed by atoms with E-state index in [9.17, 15) is 9.59 Å². The molecule has 2 amide bonds. The number of allylic oxidation sites excluding steroid dienone is 1. The monoisotopic (exact) mass is 415 g/mol. The molecule has 1 fully saturated rings. The summed E-state index contributed by atoms with van der Waals surface area (Å²) in [7, 11) is 0. The lowest BCUT2D eigenvalue weighted by molar-refractivity contribution is -0.125. The third kappa shape index (κ3) is 8.19. The van der Waals surface area contributed by atoms with Gasteiger partial charge >= 0.3 is 6.09 Å². The van der Waals surface area contributed by atoms with Gasteiger partial charge in [-0.3, -0.25) is 9.69 Å². The van der Waals surface area contributed by atoms with E-state index >= 15 is 0 Å². The first kappa shape index (κ1) is 23.9. The highest BCUT2D eigenvalue weighted by atomic mass is 16.5. The minimum Gasteiger partial charge on any atom is -0.445 e. The van der Waals surface area contributed by atoms with E-state index in [4.69, 9.17) is 4.74 Å². The number of ether oxygens (including phenoxy) is 1. The van der Waals surface area contributed by atoms with E-state index in [0.717, 1.165) is 44.5 Å². The van der Waals surface area contributed by atoms with Crippen LogP contribution in [0.25, 0.3) is 0 Å². The second kappa shape index (κ2) is 12.4. The van der Waals surface area contributed by atoms with E-state index in [0.29, 0.717) is 0 Å². The number of hydrogen-bond donors (Lipinski definition) is 2. The van der Waals surface area contributed by atoms with Crippen LogP contribution in [-0.2, 0) is 16.1 Å². The molecule has 2 N–H and O–H groups in total. The van der Waals surface area contributed by atoms with E-state index in [2.05, 4.69) is 35.5 Å². The van der Waals surface area contributed by atoms with Gasteiger partial charge in [-0.25, -0.2) is 4.79 Å². The molecular formula is C24H37N3O3. The smallest absolute Gasteiger partial charge is 0.408 e. The molecule has 2 atom stereocenters. The van der Waals surface area contributed by atoms with E-state index < -0.39 is 12.1 Å². The molecule has 0 saturated carbocycles. The number of likely N-dealkylation sites (tertiary alicyclic amines) is 1. The SMILES string of the molecule is CC[C@H](C)[C@H](NC(=O)OCc1ccccc1)C(=O)NC1CCN(CC=C(C)C)CC1. The lowest BCUT2D eigenvalue weighted by atomic mass is 9.97. The molecule has 0 aromatic heterocycles.